The fourth-order valence-electron chi connectivity index (χ4n) is 1.59. The molecule has 1 aromatic rings. The van der Waals surface area contributed by atoms with E-state index in [1.54, 1.807) is 6.92 Å². The van der Waals surface area contributed by atoms with Crippen molar-refractivity contribution in [3.05, 3.63) is 23.9 Å². The number of hydrogen-bond acceptors (Lipinski definition) is 5. The van der Waals surface area contributed by atoms with Gasteiger partial charge < -0.3 is 10.1 Å². The summed E-state index contributed by atoms with van der Waals surface area (Å²) in [6.07, 6.45) is -4.19. The first-order valence-electron chi connectivity index (χ1n) is 6.10. The number of halogens is 3. The van der Waals surface area contributed by atoms with E-state index in [0.29, 0.717) is 12.3 Å². The van der Waals surface area contributed by atoms with Gasteiger partial charge in [0.1, 0.15) is 5.75 Å². The van der Waals surface area contributed by atoms with E-state index in [1.165, 1.54) is 7.11 Å². The van der Waals surface area contributed by atoms with Crippen molar-refractivity contribution in [1.82, 2.24) is 10.3 Å². The Labute approximate surface area is 125 Å². The molecular formula is C12H15F3N2O4S. The Bertz CT molecular complexity index is 614. The van der Waals surface area contributed by atoms with Gasteiger partial charge in [0.25, 0.3) is 0 Å². The van der Waals surface area contributed by atoms with Crippen LogP contribution in [0.1, 0.15) is 12.5 Å². The predicted octanol–water partition coefficient (Wildman–Crippen LogP) is 1.03. The maximum atomic E-state index is 12.4. The molecule has 22 heavy (non-hydrogen) atoms. The van der Waals surface area contributed by atoms with E-state index in [-0.39, 0.29) is 6.61 Å². The number of ether oxygens (including phenoxy) is 1. The summed E-state index contributed by atoms with van der Waals surface area (Å²) >= 11 is 0. The van der Waals surface area contributed by atoms with Crippen LogP contribution < -0.4 is 5.32 Å². The quantitative estimate of drug-likeness (QED) is 0.836. The number of carbonyl (C=O) groups excluding carboxylic acids is 1. The Morgan fingerprint density at radius 2 is 2.05 bits per heavy atom. The Balaban J connectivity index is 2.80. The molecule has 0 saturated carbocycles. The van der Waals surface area contributed by atoms with E-state index in [1.807, 2.05) is 0 Å². The predicted molar refractivity (Wildman–Crippen MR) is 70.8 cm³/mol. The van der Waals surface area contributed by atoms with Gasteiger partial charge in [0.2, 0.25) is 15.7 Å². The second-order valence-electron chi connectivity index (χ2n) is 4.57. The second-order valence-corrected chi connectivity index (χ2v) is 6.50. The number of nitrogens with zero attached hydrogens (tertiary/aromatic N) is 1. The van der Waals surface area contributed by atoms with Crippen LogP contribution >= 0.6 is 0 Å². The van der Waals surface area contributed by atoms with Crippen LogP contribution in [-0.4, -0.2) is 44.8 Å². The van der Waals surface area contributed by atoms with Gasteiger partial charge in [-0.05, 0) is 19.1 Å². The fraction of sp³-hybridized carbons (Fsp3) is 0.500. The monoisotopic (exact) mass is 340 g/mol. The van der Waals surface area contributed by atoms with Gasteiger partial charge in [-0.1, -0.05) is 0 Å². The summed E-state index contributed by atoms with van der Waals surface area (Å²) < 4.78 is 65.7. The van der Waals surface area contributed by atoms with Gasteiger partial charge in [0.15, 0.2) is 5.03 Å². The first kappa shape index (κ1) is 18.4. The van der Waals surface area contributed by atoms with Gasteiger partial charge in [-0.2, -0.15) is 13.2 Å². The van der Waals surface area contributed by atoms with Crippen molar-refractivity contribution in [2.75, 3.05) is 19.5 Å². The van der Waals surface area contributed by atoms with Gasteiger partial charge in [0, 0.05) is 19.3 Å². The number of alkyl halides is 3. The summed E-state index contributed by atoms with van der Waals surface area (Å²) in [6, 6.07) is 0.934. The number of pyridine rings is 1. The minimum absolute atomic E-state index is 0.199. The van der Waals surface area contributed by atoms with E-state index in [4.69, 9.17) is 4.74 Å². The van der Waals surface area contributed by atoms with Crippen molar-refractivity contribution in [3.8, 4) is 0 Å². The van der Waals surface area contributed by atoms with Crippen LogP contribution in [0.2, 0.25) is 0 Å². The number of carbonyl (C=O) groups is 1. The third kappa shape index (κ3) is 5.26. The molecule has 0 bridgehead atoms. The highest BCUT2D eigenvalue weighted by molar-refractivity contribution is 7.92. The molecule has 0 spiro atoms. The van der Waals surface area contributed by atoms with Crippen molar-refractivity contribution < 1.29 is 31.1 Å². The highest BCUT2D eigenvalue weighted by Gasteiger charge is 2.31. The molecule has 0 aromatic carbocycles. The molecule has 0 radical (unpaired) electrons. The van der Waals surface area contributed by atoms with Crippen molar-refractivity contribution >= 4 is 15.7 Å². The Hall–Kier alpha value is -1.68. The lowest BCUT2D eigenvalue weighted by Crippen LogP contribution is -2.39. The summed E-state index contributed by atoms with van der Waals surface area (Å²) in [6.45, 7) is 1.81. The number of hydrogen-bond donors (Lipinski definition) is 1. The highest BCUT2D eigenvalue weighted by atomic mass is 32.2. The van der Waals surface area contributed by atoms with Crippen molar-refractivity contribution in [2.24, 2.45) is 0 Å². The van der Waals surface area contributed by atoms with Crippen LogP contribution in [0, 0.1) is 0 Å². The van der Waals surface area contributed by atoms with E-state index >= 15 is 0 Å². The minimum Gasteiger partial charge on any atom is -0.383 e. The first-order chi connectivity index (χ1) is 10.1. The molecule has 1 amide bonds. The molecule has 0 aliphatic rings. The van der Waals surface area contributed by atoms with E-state index in [0.717, 1.165) is 6.07 Å². The SMILES string of the molecule is COCC(C)NC(=O)CS(=O)(=O)c1ccc(C(F)(F)F)cn1. The zero-order valence-electron chi connectivity index (χ0n) is 11.8. The molecule has 1 rings (SSSR count). The number of nitrogens with one attached hydrogen (secondary N) is 1. The van der Waals surface area contributed by atoms with E-state index in [9.17, 15) is 26.4 Å². The van der Waals surface area contributed by atoms with Gasteiger partial charge in [-0.25, -0.2) is 13.4 Å². The van der Waals surface area contributed by atoms with Crippen molar-refractivity contribution in [3.63, 3.8) is 0 Å². The van der Waals surface area contributed by atoms with Gasteiger partial charge in [-0.3, -0.25) is 4.79 Å². The maximum Gasteiger partial charge on any atom is 0.417 e. The standard InChI is InChI=1S/C12H15F3N2O4S/c1-8(6-21-2)17-10(18)7-22(19,20)11-4-3-9(5-16-11)12(13,14)15/h3-5,8H,6-7H2,1-2H3,(H,17,18). The second kappa shape index (κ2) is 7.05. The molecule has 124 valence electrons. The lowest BCUT2D eigenvalue weighted by molar-refractivity contribution is -0.137. The van der Waals surface area contributed by atoms with E-state index < -0.39 is 44.3 Å². The van der Waals surface area contributed by atoms with Crippen LogP contribution in [0.4, 0.5) is 13.2 Å². The number of rotatable bonds is 6. The largest absolute Gasteiger partial charge is 0.417 e. The summed E-state index contributed by atoms with van der Waals surface area (Å²) in [5, 5.41) is 1.80. The molecule has 0 fully saturated rings. The Morgan fingerprint density at radius 1 is 1.41 bits per heavy atom. The number of methoxy groups -OCH3 is 1. The van der Waals surface area contributed by atoms with Gasteiger partial charge >= 0.3 is 6.18 Å². The van der Waals surface area contributed by atoms with Crippen LogP contribution in [0.3, 0.4) is 0 Å². The highest BCUT2D eigenvalue weighted by Crippen LogP contribution is 2.28. The molecule has 1 aromatic heterocycles. The first-order valence-corrected chi connectivity index (χ1v) is 7.76. The van der Waals surface area contributed by atoms with Crippen molar-refractivity contribution in [1.29, 1.82) is 0 Å². The lowest BCUT2D eigenvalue weighted by Gasteiger charge is -2.12. The molecule has 1 unspecified atom stereocenters. The average molecular weight is 340 g/mol. The Morgan fingerprint density at radius 3 is 2.50 bits per heavy atom. The lowest BCUT2D eigenvalue weighted by atomic mass is 10.3. The summed E-state index contributed by atoms with van der Waals surface area (Å²) in [5.74, 6) is -1.69. The summed E-state index contributed by atoms with van der Waals surface area (Å²) in [5.41, 5.74) is -1.07. The number of amides is 1. The van der Waals surface area contributed by atoms with Crippen LogP contribution in [0.25, 0.3) is 0 Å². The smallest absolute Gasteiger partial charge is 0.383 e. The summed E-state index contributed by atoms with van der Waals surface area (Å²) in [4.78, 5) is 14.9. The molecule has 0 aliphatic carbocycles. The third-order valence-electron chi connectivity index (χ3n) is 2.53. The van der Waals surface area contributed by atoms with Gasteiger partial charge in [0.05, 0.1) is 12.2 Å². The van der Waals surface area contributed by atoms with Crippen LogP contribution in [-0.2, 0) is 25.5 Å². The number of sulfone groups is 1. The molecule has 0 saturated heterocycles. The molecule has 1 heterocycles. The fourth-order valence-corrected chi connectivity index (χ4v) is 2.65. The zero-order chi connectivity index (χ0) is 17.0. The molecule has 10 heteroatoms. The normalized spacial score (nSPS) is 13.7. The molecular weight excluding hydrogens is 325 g/mol. The minimum atomic E-state index is -4.61. The molecule has 0 aliphatic heterocycles. The maximum absolute atomic E-state index is 12.4. The topological polar surface area (TPSA) is 85.4 Å². The average Bonchev–Trinajstić information content (AvgIpc) is 2.37. The van der Waals surface area contributed by atoms with Crippen molar-refractivity contribution in [2.45, 2.75) is 24.2 Å². The number of aromatic nitrogens is 1. The third-order valence-corrected chi connectivity index (χ3v) is 4.05. The molecule has 6 nitrogen and oxygen atoms in total. The van der Waals surface area contributed by atoms with Gasteiger partial charge in [-0.15, -0.1) is 0 Å². The summed E-state index contributed by atoms with van der Waals surface area (Å²) in [7, 11) is -2.69. The molecule has 1 atom stereocenters. The zero-order valence-corrected chi connectivity index (χ0v) is 12.7. The van der Waals surface area contributed by atoms with E-state index in [2.05, 4.69) is 10.3 Å². The molecule has 1 N–H and O–H groups in total. The van der Waals surface area contributed by atoms with Crippen LogP contribution in [0.5, 0.6) is 0 Å². The van der Waals surface area contributed by atoms with Crippen LogP contribution in [0.15, 0.2) is 23.4 Å². The Kier molecular flexibility index (Phi) is 5.89.